The van der Waals surface area contributed by atoms with Crippen LogP contribution in [0, 0.1) is 0 Å². The van der Waals surface area contributed by atoms with Crippen molar-refractivity contribution < 1.29 is 18.3 Å². The highest BCUT2D eigenvalue weighted by molar-refractivity contribution is 7.62. The quantitative estimate of drug-likeness (QED) is 0.595. The van der Waals surface area contributed by atoms with Crippen LogP contribution in [0.1, 0.15) is 19.4 Å². The Balaban J connectivity index is 1.91. The Morgan fingerprint density at radius 1 is 0.960 bits per heavy atom. The van der Waals surface area contributed by atoms with Crippen LogP contribution in [0.3, 0.4) is 0 Å². The van der Waals surface area contributed by atoms with E-state index in [1.807, 2.05) is 48.5 Å². The first kappa shape index (κ1) is 17.7. The summed E-state index contributed by atoms with van der Waals surface area (Å²) < 4.78 is 29.7. The Morgan fingerprint density at radius 2 is 1.68 bits per heavy atom. The van der Waals surface area contributed by atoms with Gasteiger partial charge in [0.2, 0.25) is 0 Å². The van der Waals surface area contributed by atoms with E-state index in [2.05, 4.69) is 4.98 Å². The average Bonchev–Trinajstić information content (AvgIpc) is 3.07. The van der Waals surface area contributed by atoms with Gasteiger partial charge in [-0.15, -0.1) is 0 Å². The van der Waals surface area contributed by atoms with Crippen LogP contribution < -0.4 is 10.2 Å². The summed E-state index contributed by atoms with van der Waals surface area (Å²) in [7, 11) is -3.35. The number of ether oxygens (including phenoxy) is 1. The molecule has 0 aliphatic rings. The SMILES string of the molecule is CCOP(=O)(OCC)c1cc2cccc(OCc3ccccc3)c2[nH]1. The molecule has 1 aromatic heterocycles. The number of benzene rings is 2. The maximum absolute atomic E-state index is 13.0. The topological polar surface area (TPSA) is 60.6 Å². The molecular formula is C19H22NO4P. The van der Waals surface area contributed by atoms with Crippen LogP contribution in [0.15, 0.2) is 54.6 Å². The van der Waals surface area contributed by atoms with Gasteiger partial charge in [0.25, 0.3) is 0 Å². The van der Waals surface area contributed by atoms with Crippen molar-refractivity contribution in [3.05, 3.63) is 60.2 Å². The van der Waals surface area contributed by atoms with Crippen molar-refractivity contribution in [1.29, 1.82) is 0 Å². The molecule has 3 aromatic rings. The minimum absolute atomic E-state index is 0.310. The van der Waals surface area contributed by atoms with Gasteiger partial charge in [0, 0.05) is 5.39 Å². The molecule has 0 spiro atoms. The van der Waals surface area contributed by atoms with Gasteiger partial charge in [-0.05, 0) is 31.5 Å². The minimum Gasteiger partial charge on any atom is -0.487 e. The average molecular weight is 359 g/mol. The van der Waals surface area contributed by atoms with Crippen LogP contribution >= 0.6 is 7.60 Å². The Hall–Kier alpha value is -2.07. The van der Waals surface area contributed by atoms with Gasteiger partial charge in [-0.25, -0.2) is 0 Å². The first-order valence-corrected chi connectivity index (χ1v) is 9.88. The fourth-order valence-electron chi connectivity index (χ4n) is 2.63. The molecule has 0 saturated heterocycles. The van der Waals surface area contributed by atoms with Crippen LogP contribution in [-0.2, 0) is 20.2 Å². The molecule has 0 atom stereocenters. The summed E-state index contributed by atoms with van der Waals surface area (Å²) in [4.78, 5) is 3.17. The van der Waals surface area contributed by atoms with E-state index in [4.69, 9.17) is 13.8 Å². The predicted molar refractivity (Wildman–Crippen MR) is 99.6 cm³/mol. The first-order chi connectivity index (χ1) is 12.2. The fraction of sp³-hybridized carbons (Fsp3) is 0.263. The number of rotatable bonds is 8. The molecule has 0 aliphatic heterocycles. The highest BCUT2D eigenvalue weighted by Gasteiger charge is 2.29. The molecule has 6 heteroatoms. The zero-order chi connectivity index (χ0) is 17.7. The third kappa shape index (κ3) is 3.96. The number of hydrogen-bond donors (Lipinski definition) is 1. The summed E-state index contributed by atoms with van der Waals surface area (Å²) in [6.45, 7) is 4.67. The van der Waals surface area contributed by atoms with E-state index >= 15 is 0 Å². The van der Waals surface area contributed by atoms with Crippen LogP contribution in [0.5, 0.6) is 5.75 Å². The molecule has 1 N–H and O–H groups in total. The van der Waals surface area contributed by atoms with Gasteiger partial charge < -0.3 is 18.8 Å². The molecule has 25 heavy (non-hydrogen) atoms. The van der Waals surface area contributed by atoms with Crippen molar-refractivity contribution in [1.82, 2.24) is 4.98 Å². The Morgan fingerprint density at radius 3 is 2.36 bits per heavy atom. The number of hydrogen-bond acceptors (Lipinski definition) is 4. The maximum atomic E-state index is 13.0. The summed E-state index contributed by atoms with van der Waals surface area (Å²) in [6, 6.07) is 17.5. The molecule has 0 saturated carbocycles. The normalized spacial score (nSPS) is 11.8. The zero-order valence-corrected chi connectivity index (χ0v) is 15.3. The second-order valence-electron chi connectivity index (χ2n) is 5.48. The van der Waals surface area contributed by atoms with Crippen molar-refractivity contribution in [3.63, 3.8) is 0 Å². The molecule has 0 radical (unpaired) electrons. The lowest BCUT2D eigenvalue weighted by molar-refractivity contribution is 0.229. The summed E-state index contributed by atoms with van der Waals surface area (Å²) in [5.74, 6) is 0.701. The lowest BCUT2D eigenvalue weighted by Gasteiger charge is -2.15. The van der Waals surface area contributed by atoms with E-state index in [0.29, 0.717) is 31.0 Å². The summed E-state index contributed by atoms with van der Waals surface area (Å²) >= 11 is 0. The number of fused-ring (bicyclic) bond motifs is 1. The third-order valence-corrected chi connectivity index (χ3v) is 5.76. The van der Waals surface area contributed by atoms with Gasteiger partial charge in [0.1, 0.15) is 17.8 Å². The smallest absolute Gasteiger partial charge is 0.377 e. The molecule has 0 bridgehead atoms. The Labute approximate surface area is 147 Å². The molecule has 0 aliphatic carbocycles. The van der Waals surface area contributed by atoms with Gasteiger partial charge in [-0.1, -0.05) is 42.5 Å². The lowest BCUT2D eigenvalue weighted by atomic mass is 10.2. The van der Waals surface area contributed by atoms with Gasteiger partial charge in [0.15, 0.2) is 0 Å². The van der Waals surface area contributed by atoms with Crippen molar-refractivity contribution in [2.24, 2.45) is 0 Å². The highest BCUT2D eigenvalue weighted by Crippen LogP contribution is 2.47. The molecule has 0 amide bonds. The second-order valence-corrected chi connectivity index (χ2v) is 7.48. The van der Waals surface area contributed by atoms with Crippen molar-refractivity contribution >= 4 is 23.9 Å². The van der Waals surface area contributed by atoms with E-state index in [9.17, 15) is 4.57 Å². The van der Waals surface area contributed by atoms with Crippen LogP contribution in [0.4, 0.5) is 0 Å². The van der Waals surface area contributed by atoms with E-state index in [-0.39, 0.29) is 0 Å². The van der Waals surface area contributed by atoms with Crippen LogP contribution in [0.2, 0.25) is 0 Å². The number of aromatic amines is 1. The summed E-state index contributed by atoms with van der Waals surface area (Å²) in [5.41, 5.74) is 2.32. The van der Waals surface area contributed by atoms with Crippen molar-refractivity contribution in [2.75, 3.05) is 13.2 Å². The maximum Gasteiger partial charge on any atom is 0.377 e. The van der Waals surface area contributed by atoms with Crippen LogP contribution in [-0.4, -0.2) is 18.2 Å². The molecule has 3 rings (SSSR count). The summed E-state index contributed by atoms with van der Waals surface area (Å²) in [6.07, 6.45) is 0. The van der Waals surface area contributed by atoms with Gasteiger partial charge >= 0.3 is 7.60 Å². The molecule has 0 fully saturated rings. The Bertz CT molecular complexity index is 866. The number of nitrogens with one attached hydrogen (secondary N) is 1. The number of aromatic nitrogens is 1. The first-order valence-electron chi connectivity index (χ1n) is 8.34. The molecule has 5 nitrogen and oxygen atoms in total. The van der Waals surface area contributed by atoms with E-state index in [1.165, 1.54) is 0 Å². The highest BCUT2D eigenvalue weighted by atomic mass is 31.2. The van der Waals surface area contributed by atoms with E-state index in [0.717, 1.165) is 16.5 Å². The van der Waals surface area contributed by atoms with E-state index < -0.39 is 7.60 Å². The molecule has 1 heterocycles. The fourth-order valence-corrected chi connectivity index (χ4v) is 4.21. The molecule has 0 unspecified atom stereocenters. The van der Waals surface area contributed by atoms with Crippen molar-refractivity contribution in [2.45, 2.75) is 20.5 Å². The second kappa shape index (κ2) is 7.87. The van der Waals surface area contributed by atoms with Crippen LogP contribution in [0.25, 0.3) is 10.9 Å². The largest absolute Gasteiger partial charge is 0.487 e. The standard InChI is InChI=1S/C19H22NO4P/c1-3-23-25(21,24-4-2)18-13-16-11-8-12-17(19(16)20-18)22-14-15-9-6-5-7-10-15/h5-13,20H,3-4,14H2,1-2H3. The zero-order valence-electron chi connectivity index (χ0n) is 14.4. The number of para-hydroxylation sites is 1. The molecular weight excluding hydrogens is 337 g/mol. The summed E-state index contributed by atoms with van der Waals surface area (Å²) in [5, 5.41) is 0.903. The Kier molecular flexibility index (Phi) is 5.59. The minimum atomic E-state index is -3.35. The van der Waals surface area contributed by atoms with E-state index in [1.54, 1.807) is 19.9 Å². The van der Waals surface area contributed by atoms with Gasteiger partial charge in [-0.2, -0.15) is 0 Å². The van der Waals surface area contributed by atoms with Crippen molar-refractivity contribution in [3.8, 4) is 5.75 Å². The molecule has 2 aromatic carbocycles. The van der Waals surface area contributed by atoms with Gasteiger partial charge in [0.05, 0.1) is 18.7 Å². The lowest BCUT2D eigenvalue weighted by Crippen LogP contribution is -2.11. The van der Waals surface area contributed by atoms with Gasteiger partial charge in [-0.3, -0.25) is 4.57 Å². The predicted octanol–water partition coefficient (Wildman–Crippen LogP) is 4.64. The monoisotopic (exact) mass is 359 g/mol. The third-order valence-electron chi connectivity index (χ3n) is 3.73. The number of H-pyrrole nitrogens is 1. The molecule has 132 valence electrons.